The van der Waals surface area contributed by atoms with Crippen molar-refractivity contribution in [2.24, 2.45) is 0 Å². The number of aromatic hydroxyl groups is 1. The SMILES string of the molecule is CC[C@@H]1C[C@@](O)(C(F)(F)F)[C@@H](Nc2cc(F)cc3[nH]c(=O)ccc23)c2cc(F)cc(O)c21. The number of hydrogen-bond donors (Lipinski definition) is 4. The molecule has 0 fully saturated rings. The minimum absolute atomic E-state index is 0.0279. The molecule has 4 rings (SSSR count). The number of pyridine rings is 1. The summed E-state index contributed by atoms with van der Waals surface area (Å²) in [4.78, 5) is 14.0. The Hall–Kier alpha value is -3.14. The van der Waals surface area contributed by atoms with Gasteiger partial charge in [0.25, 0.3) is 0 Å². The maximum Gasteiger partial charge on any atom is 0.419 e. The molecular formula is C22H19F5N2O3. The summed E-state index contributed by atoms with van der Waals surface area (Å²) in [5.41, 5.74) is -4.19. The maximum absolute atomic E-state index is 14.2. The lowest BCUT2D eigenvalue weighted by molar-refractivity contribution is -0.272. The summed E-state index contributed by atoms with van der Waals surface area (Å²) in [5, 5.41) is 23.9. The van der Waals surface area contributed by atoms with E-state index in [4.69, 9.17) is 0 Å². The molecule has 2 aromatic carbocycles. The third-order valence-electron chi connectivity index (χ3n) is 6.00. The van der Waals surface area contributed by atoms with E-state index in [9.17, 15) is 37.0 Å². The summed E-state index contributed by atoms with van der Waals surface area (Å²) in [6.45, 7) is 1.60. The molecule has 4 N–H and O–H groups in total. The minimum Gasteiger partial charge on any atom is -0.508 e. The summed E-state index contributed by atoms with van der Waals surface area (Å²) >= 11 is 0. The summed E-state index contributed by atoms with van der Waals surface area (Å²) in [5.74, 6) is -3.24. The quantitative estimate of drug-likeness (QED) is 0.426. The minimum atomic E-state index is -5.13. The van der Waals surface area contributed by atoms with Crippen LogP contribution in [-0.2, 0) is 0 Å². The highest BCUT2D eigenvalue weighted by Crippen LogP contribution is 2.55. The zero-order valence-electron chi connectivity index (χ0n) is 16.7. The van der Waals surface area contributed by atoms with E-state index in [-0.39, 0.29) is 34.1 Å². The topological polar surface area (TPSA) is 85.4 Å². The molecule has 3 atom stereocenters. The van der Waals surface area contributed by atoms with Crippen LogP contribution in [-0.4, -0.2) is 27.0 Å². The van der Waals surface area contributed by atoms with E-state index in [2.05, 4.69) is 10.3 Å². The molecule has 32 heavy (non-hydrogen) atoms. The summed E-state index contributed by atoms with van der Waals surface area (Å²) < 4.78 is 70.8. The number of hydrogen-bond acceptors (Lipinski definition) is 4. The number of alkyl halides is 3. The molecule has 1 aromatic heterocycles. The lowest BCUT2D eigenvalue weighted by atomic mass is 9.69. The van der Waals surface area contributed by atoms with Crippen LogP contribution in [0.15, 0.2) is 41.2 Å². The van der Waals surface area contributed by atoms with Gasteiger partial charge in [-0.05, 0) is 48.6 Å². The van der Waals surface area contributed by atoms with Crippen molar-refractivity contribution in [1.82, 2.24) is 4.98 Å². The Morgan fingerprint density at radius 3 is 2.50 bits per heavy atom. The molecule has 0 unspecified atom stereocenters. The van der Waals surface area contributed by atoms with E-state index in [1.165, 1.54) is 6.07 Å². The van der Waals surface area contributed by atoms with Crippen LogP contribution in [0.3, 0.4) is 0 Å². The standard InChI is InChI=1S/C22H19F5N2O3/c1-2-10-9-21(32,22(25,26)27)20(14-5-11(23)8-17(30)19(10)14)29-16-7-12(24)6-15-13(16)3-4-18(31)28-15/h3-8,10,20,29-30,32H,2,9H2,1H3,(H,28,31)/t10-,20+,21+/m1/s1. The third-order valence-corrected chi connectivity index (χ3v) is 6.00. The van der Waals surface area contributed by atoms with Gasteiger partial charge in [0.2, 0.25) is 5.56 Å². The van der Waals surface area contributed by atoms with Crippen molar-refractivity contribution < 1.29 is 32.2 Å². The van der Waals surface area contributed by atoms with Crippen molar-refractivity contribution in [3.63, 3.8) is 0 Å². The monoisotopic (exact) mass is 454 g/mol. The van der Waals surface area contributed by atoms with Crippen molar-refractivity contribution in [1.29, 1.82) is 0 Å². The summed E-state index contributed by atoms with van der Waals surface area (Å²) in [6.07, 6.45) is -5.77. The van der Waals surface area contributed by atoms with Crippen LogP contribution in [0.4, 0.5) is 27.6 Å². The van der Waals surface area contributed by atoms with E-state index in [1.54, 1.807) is 6.92 Å². The fourth-order valence-electron chi connectivity index (χ4n) is 4.50. The van der Waals surface area contributed by atoms with Gasteiger partial charge in [-0.25, -0.2) is 8.78 Å². The number of aromatic amines is 1. The number of rotatable bonds is 3. The van der Waals surface area contributed by atoms with Gasteiger partial charge in [-0.1, -0.05) is 6.92 Å². The van der Waals surface area contributed by atoms with E-state index in [0.717, 1.165) is 30.3 Å². The number of anilines is 1. The molecule has 0 saturated heterocycles. The van der Waals surface area contributed by atoms with E-state index < -0.39 is 53.1 Å². The summed E-state index contributed by atoms with van der Waals surface area (Å²) in [7, 11) is 0. The second kappa shape index (κ2) is 7.47. The Morgan fingerprint density at radius 1 is 1.16 bits per heavy atom. The molecule has 170 valence electrons. The fraction of sp³-hybridized carbons (Fsp3) is 0.318. The average Bonchev–Trinajstić information content (AvgIpc) is 2.68. The van der Waals surface area contributed by atoms with Crippen LogP contribution in [0.5, 0.6) is 5.75 Å². The van der Waals surface area contributed by atoms with E-state index in [1.807, 2.05) is 0 Å². The van der Waals surface area contributed by atoms with Gasteiger partial charge in [0.1, 0.15) is 17.4 Å². The Kier molecular flexibility index (Phi) is 5.15. The molecular weight excluding hydrogens is 435 g/mol. The average molecular weight is 454 g/mol. The molecule has 5 nitrogen and oxygen atoms in total. The number of benzene rings is 2. The van der Waals surface area contributed by atoms with Crippen LogP contribution in [0.25, 0.3) is 10.9 Å². The van der Waals surface area contributed by atoms with Gasteiger partial charge in [0.05, 0.1) is 11.6 Å². The van der Waals surface area contributed by atoms with Crippen molar-refractivity contribution in [3.05, 3.63) is 69.5 Å². The lowest BCUT2D eigenvalue weighted by Crippen LogP contribution is -2.55. The fourth-order valence-corrected chi connectivity index (χ4v) is 4.50. The van der Waals surface area contributed by atoms with Gasteiger partial charge in [-0.3, -0.25) is 4.79 Å². The van der Waals surface area contributed by atoms with E-state index in [0.29, 0.717) is 0 Å². The molecule has 1 aliphatic carbocycles. The van der Waals surface area contributed by atoms with E-state index >= 15 is 0 Å². The first-order chi connectivity index (χ1) is 14.9. The number of H-pyrrole nitrogens is 1. The molecule has 0 bridgehead atoms. The molecule has 10 heteroatoms. The zero-order chi connectivity index (χ0) is 23.4. The number of aliphatic hydroxyl groups is 1. The number of nitrogens with one attached hydrogen (secondary N) is 2. The highest BCUT2D eigenvalue weighted by Gasteiger charge is 2.62. The Balaban J connectivity index is 1.97. The lowest BCUT2D eigenvalue weighted by Gasteiger charge is -2.45. The Labute approximate surface area is 178 Å². The molecule has 0 radical (unpaired) electrons. The molecule has 0 saturated carbocycles. The molecule has 3 aromatic rings. The molecule has 1 aliphatic rings. The summed E-state index contributed by atoms with van der Waals surface area (Å²) in [6, 6.07) is 4.01. The smallest absolute Gasteiger partial charge is 0.419 e. The van der Waals surface area contributed by atoms with Crippen LogP contribution in [0, 0.1) is 11.6 Å². The number of phenols is 1. The van der Waals surface area contributed by atoms with Gasteiger partial charge < -0.3 is 20.5 Å². The molecule has 0 spiro atoms. The van der Waals surface area contributed by atoms with Crippen LogP contribution < -0.4 is 10.9 Å². The molecule has 0 amide bonds. The highest BCUT2D eigenvalue weighted by atomic mass is 19.4. The zero-order valence-corrected chi connectivity index (χ0v) is 16.7. The second-order valence-electron chi connectivity index (χ2n) is 7.97. The number of phenolic OH excluding ortho intramolecular Hbond substituents is 1. The number of aromatic nitrogens is 1. The first kappa shape index (κ1) is 22.1. The van der Waals surface area contributed by atoms with Gasteiger partial charge in [0, 0.05) is 28.8 Å². The first-order valence-corrected chi connectivity index (χ1v) is 9.85. The van der Waals surface area contributed by atoms with Gasteiger partial charge in [-0.15, -0.1) is 0 Å². The van der Waals surface area contributed by atoms with Crippen molar-refractivity contribution in [3.8, 4) is 5.75 Å². The number of halogens is 5. The van der Waals surface area contributed by atoms with Crippen LogP contribution in [0.2, 0.25) is 0 Å². The molecule has 0 aliphatic heterocycles. The van der Waals surface area contributed by atoms with Crippen LogP contribution in [0.1, 0.15) is 42.9 Å². The number of fused-ring (bicyclic) bond motifs is 2. The molecule has 1 heterocycles. The largest absolute Gasteiger partial charge is 0.508 e. The van der Waals surface area contributed by atoms with Crippen molar-refractivity contribution in [2.45, 2.75) is 43.5 Å². The second-order valence-corrected chi connectivity index (χ2v) is 7.97. The van der Waals surface area contributed by atoms with Crippen LogP contribution >= 0.6 is 0 Å². The van der Waals surface area contributed by atoms with Gasteiger partial charge in [0.15, 0.2) is 5.60 Å². The maximum atomic E-state index is 14.2. The predicted octanol–water partition coefficient (Wildman–Crippen LogP) is 4.86. The normalized spacial score (nSPS) is 23.2. The van der Waals surface area contributed by atoms with Gasteiger partial charge >= 0.3 is 6.18 Å². The Bertz CT molecular complexity index is 1260. The Morgan fingerprint density at radius 2 is 1.84 bits per heavy atom. The highest BCUT2D eigenvalue weighted by molar-refractivity contribution is 5.91. The first-order valence-electron chi connectivity index (χ1n) is 9.85. The van der Waals surface area contributed by atoms with Crippen molar-refractivity contribution >= 4 is 16.6 Å². The van der Waals surface area contributed by atoms with Crippen molar-refractivity contribution in [2.75, 3.05) is 5.32 Å². The van der Waals surface area contributed by atoms with Gasteiger partial charge in [-0.2, -0.15) is 13.2 Å². The predicted molar refractivity (Wildman–Crippen MR) is 108 cm³/mol. The third kappa shape index (κ3) is 3.48.